The molecule has 2 nitrogen and oxygen atoms in total. The van der Waals surface area contributed by atoms with E-state index in [4.69, 9.17) is 0 Å². The molecule has 1 aliphatic rings. The number of halogens is 1. The topological polar surface area (TPSA) is 6.48 Å². The molecule has 3 rings (SSSR count). The van der Waals surface area contributed by atoms with Crippen molar-refractivity contribution in [1.82, 2.24) is 9.80 Å². The molecule has 0 aromatic heterocycles. The number of benzene rings is 2. The summed E-state index contributed by atoms with van der Waals surface area (Å²) in [5.74, 6) is 0. The maximum absolute atomic E-state index is 4.20. The fourth-order valence-electron chi connectivity index (χ4n) is 5.25. The van der Waals surface area contributed by atoms with Gasteiger partial charge in [-0.05, 0) is 54.0 Å². The average Bonchev–Trinajstić information content (AvgIpc) is 3.04. The molecule has 1 fully saturated rings. The Bertz CT molecular complexity index is 807. The van der Waals surface area contributed by atoms with Gasteiger partial charge in [-0.25, -0.2) is 6.67 Å². The maximum atomic E-state index is 4.20. The number of aryl methyl sites for hydroxylation is 2. The summed E-state index contributed by atoms with van der Waals surface area (Å²) in [6, 6.07) is 18.8. The molecule has 0 unspecified atom stereocenters. The number of likely N-dealkylation sites (N-methyl/N-ethyl adjacent to an activating group) is 1. The van der Waals surface area contributed by atoms with Crippen molar-refractivity contribution in [2.45, 2.75) is 73.5 Å². The van der Waals surface area contributed by atoms with Gasteiger partial charge >= 0.3 is 25.2 Å². The predicted octanol–water partition coefficient (Wildman–Crippen LogP) is 7.28. The molecule has 2 aromatic rings. The van der Waals surface area contributed by atoms with Crippen molar-refractivity contribution in [3.63, 3.8) is 0 Å². The van der Waals surface area contributed by atoms with E-state index in [1.165, 1.54) is 22.3 Å². The zero-order chi connectivity index (χ0) is 23.6. The number of nitrogens with zero attached hydrogens (tertiary/aromatic N) is 2. The summed E-state index contributed by atoms with van der Waals surface area (Å²) in [4.78, 5) is 5.11. The molecule has 31 heavy (non-hydrogen) atoms. The van der Waals surface area contributed by atoms with Crippen molar-refractivity contribution < 1.29 is 15.1 Å². The molecular formula is C27H39ClCuN2. The Morgan fingerprint density at radius 3 is 1.52 bits per heavy atom. The summed E-state index contributed by atoms with van der Waals surface area (Å²) < 4.78 is 0. The van der Waals surface area contributed by atoms with Crippen LogP contribution in [0, 0.1) is 31.3 Å². The fraction of sp³-hybridized carbons (Fsp3) is 0.519. The molecule has 4 heteroatoms. The molecule has 0 amide bonds. The molecule has 0 radical (unpaired) electrons. The van der Waals surface area contributed by atoms with Gasteiger partial charge in [-0.3, -0.25) is 0 Å². The van der Waals surface area contributed by atoms with E-state index < -0.39 is 0 Å². The van der Waals surface area contributed by atoms with Gasteiger partial charge in [0.05, 0.1) is 0 Å². The third-order valence-corrected chi connectivity index (χ3v) is 6.41. The van der Waals surface area contributed by atoms with Gasteiger partial charge < -0.3 is 9.80 Å². The van der Waals surface area contributed by atoms with Crippen LogP contribution in [0.1, 0.15) is 69.8 Å². The van der Waals surface area contributed by atoms with Crippen molar-refractivity contribution >= 4 is 10.1 Å². The van der Waals surface area contributed by atoms with Crippen LogP contribution in [0.4, 0.5) is 0 Å². The van der Waals surface area contributed by atoms with Gasteiger partial charge in [0.25, 0.3) is 0 Å². The predicted molar refractivity (Wildman–Crippen MR) is 130 cm³/mol. The summed E-state index contributed by atoms with van der Waals surface area (Å²) in [6.07, 6.45) is 0. The van der Waals surface area contributed by atoms with E-state index in [-0.39, 0.29) is 16.9 Å². The molecule has 1 saturated heterocycles. The molecule has 1 aliphatic heterocycles. The van der Waals surface area contributed by atoms with Crippen molar-refractivity contribution in [2.75, 3.05) is 7.05 Å². The second kappa shape index (κ2) is 10.4. The first kappa shape index (κ1) is 26.4. The molecule has 0 bridgehead atoms. The molecule has 175 valence electrons. The molecule has 2 aromatic carbocycles. The van der Waals surface area contributed by atoms with E-state index in [9.17, 15) is 0 Å². The average molecular weight is 491 g/mol. The van der Waals surface area contributed by atoms with Crippen molar-refractivity contribution in [3.05, 3.63) is 77.5 Å². The van der Waals surface area contributed by atoms with Crippen LogP contribution >= 0.6 is 10.1 Å². The standard InChI is InChI=1S/C27H39N2.ClH.Cu/c1-19-14-10-12-16-21(19)23(22-17-13-11-15-20(22)2)29-18-28(9)24(26(3,4)5)25(29)27(6,7)8;;/h10-18,23-25H,1-9H3;1H;/q-1;;+2/p-1/t24-,25-;;/m0../s1. The van der Waals surface area contributed by atoms with E-state index in [1.807, 2.05) is 0 Å². The Labute approximate surface area is 203 Å². The molecule has 0 N–H and O–H groups in total. The molecule has 0 aliphatic carbocycles. The molecule has 0 spiro atoms. The molecule has 0 saturated carbocycles. The SMILES string of the molecule is Cc1ccccc1C(c1ccccc1C)N1[CH-]N(C)[C@H](C(C)(C)C)[C@H]1C(C)(C)C.[Cl][Cu+]. The second-order valence-corrected chi connectivity index (χ2v) is 11.0. The van der Waals surface area contributed by atoms with Gasteiger partial charge in [0, 0.05) is 18.1 Å². The quantitative estimate of drug-likeness (QED) is 0.330. The molecule has 1 heterocycles. The van der Waals surface area contributed by atoms with Gasteiger partial charge in [-0.1, -0.05) is 90.1 Å². The summed E-state index contributed by atoms with van der Waals surface area (Å²) in [6.45, 7) is 21.2. The zero-order valence-corrected chi connectivity index (χ0v) is 22.2. The number of hydrogen-bond acceptors (Lipinski definition) is 2. The third-order valence-electron chi connectivity index (χ3n) is 6.41. The minimum absolute atomic E-state index is 0.142. The van der Waals surface area contributed by atoms with Crippen molar-refractivity contribution in [1.29, 1.82) is 0 Å². The van der Waals surface area contributed by atoms with E-state index in [1.54, 1.807) is 0 Å². The summed E-state index contributed by atoms with van der Waals surface area (Å²) >= 11 is 3.66. The zero-order valence-electron chi connectivity index (χ0n) is 20.5. The van der Waals surface area contributed by atoms with Crippen LogP contribution in [-0.2, 0) is 15.1 Å². The third kappa shape index (κ3) is 5.75. The van der Waals surface area contributed by atoms with Crippen molar-refractivity contribution in [2.24, 2.45) is 10.8 Å². The summed E-state index contributed by atoms with van der Waals surface area (Å²) in [5.41, 5.74) is 5.82. The van der Waals surface area contributed by atoms with Crippen LogP contribution in [0.2, 0.25) is 0 Å². The minimum atomic E-state index is 0.142. The monoisotopic (exact) mass is 489 g/mol. The number of rotatable bonds is 3. The van der Waals surface area contributed by atoms with E-state index in [0.29, 0.717) is 12.1 Å². The Kier molecular flexibility index (Phi) is 8.87. The fourth-order valence-corrected chi connectivity index (χ4v) is 5.25. The normalized spacial score (nSPS) is 20.7. The van der Waals surface area contributed by atoms with E-state index in [0.717, 1.165) is 0 Å². The van der Waals surface area contributed by atoms with Crippen molar-refractivity contribution in [3.8, 4) is 0 Å². The van der Waals surface area contributed by atoms with Gasteiger partial charge in [0.15, 0.2) is 0 Å². The Balaban J connectivity index is 0.00000166. The van der Waals surface area contributed by atoms with Gasteiger partial charge in [-0.15, -0.1) is 0 Å². The van der Waals surface area contributed by atoms with Crippen LogP contribution in [-0.4, -0.2) is 28.9 Å². The Morgan fingerprint density at radius 1 is 0.774 bits per heavy atom. The van der Waals surface area contributed by atoms with Crippen LogP contribution in [0.25, 0.3) is 0 Å². The van der Waals surface area contributed by atoms with Gasteiger partial charge in [0.1, 0.15) is 0 Å². The number of hydrogen-bond donors (Lipinski definition) is 0. The first-order chi connectivity index (χ1) is 14.4. The second-order valence-electron chi connectivity index (χ2n) is 11.0. The van der Waals surface area contributed by atoms with Gasteiger partial charge in [-0.2, -0.15) is 0 Å². The molecular weight excluding hydrogens is 451 g/mol. The Morgan fingerprint density at radius 2 is 1.16 bits per heavy atom. The van der Waals surface area contributed by atoms with Crippen LogP contribution in [0.3, 0.4) is 0 Å². The van der Waals surface area contributed by atoms with E-state index >= 15 is 0 Å². The first-order valence-electron chi connectivity index (χ1n) is 11.0. The van der Waals surface area contributed by atoms with Gasteiger partial charge in [0.2, 0.25) is 0 Å². The first-order valence-corrected chi connectivity index (χ1v) is 12.3. The van der Waals surface area contributed by atoms with Crippen LogP contribution < -0.4 is 0 Å². The van der Waals surface area contributed by atoms with E-state index in [2.05, 4.69) is 153 Å². The Hall–Kier alpha value is -0.831. The van der Waals surface area contributed by atoms with Crippen LogP contribution in [0.15, 0.2) is 48.5 Å². The summed E-state index contributed by atoms with van der Waals surface area (Å²) in [7, 11) is 6.45. The van der Waals surface area contributed by atoms with Crippen LogP contribution in [0.5, 0.6) is 0 Å². The molecule has 2 atom stereocenters. The summed E-state index contributed by atoms with van der Waals surface area (Å²) in [5, 5.41) is 0.